The fourth-order valence-electron chi connectivity index (χ4n) is 5.01. The molecule has 3 saturated heterocycles. The van der Waals surface area contributed by atoms with Gasteiger partial charge in [0.25, 0.3) is 0 Å². The van der Waals surface area contributed by atoms with Crippen molar-refractivity contribution in [1.29, 1.82) is 0 Å². The van der Waals surface area contributed by atoms with Crippen molar-refractivity contribution in [2.75, 3.05) is 20.3 Å². The van der Waals surface area contributed by atoms with Gasteiger partial charge in [-0.2, -0.15) is 0 Å². The summed E-state index contributed by atoms with van der Waals surface area (Å²) in [7, 11) is 2.13. The van der Waals surface area contributed by atoms with Crippen LogP contribution in [-0.2, 0) is 4.79 Å². The van der Waals surface area contributed by atoms with Crippen molar-refractivity contribution >= 4 is 17.7 Å². The van der Waals surface area contributed by atoms with Crippen LogP contribution in [0.5, 0.6) is 0 Å². The lowest BCUT2D eigenvalue weighted by Gasteiger charge is -2.38. The molecule has 0 aromatic rings. The minimum absolute atomic E-state index is 0.0156. The molecule has 1 saturated carbocycles. The van der Waals surface area contributed by atoms with Crippen LogP contribution in [0.15, 0.2) is 0 Å². The first-order valence-electron chi connectivity index (χ1n) is 11.1. The first kappa shape index (κ1) is 20.9. The van der Waals surface area contributed by atoms with E-state index in [9.17, 15) is 4.79 Å². The Morgan fingerprint density at radius 3 is 2.75 bits per heavy atom. The van der Waals surface area contributed by atoms with Crippen molar-refractivity contribution < 1.29 is 4.79 Å². The highest BCUT2D eigenvalue weighted by Crippen LogP contribution is 2.39. The zero-order valence-corrected chi connectivity index (χ0v) is 18.4. The molecule has 1 amide bonds. The summed E-state index contributed by atoms with van der Waals surface area (Å²) in [5.74, 6) is 2.31. The average Bonchev–Trinajstić information content (AvgIpc) is 3.45. The lowest BCUT2D eigenvalue weighted by atomic mass is 9.86. The van der Waals surface area contributed by atoms with Crippen molar-refractivity contribution in [3.63, 3.8) is 0 Å². The summed E-state index contributed by atoms with van der Waals surface area (Å²) in [6.45, 7) is 6.52. The molecule has 0 spiro atoms. The number of piperidine rings is 2. The predicted octanol–water partition coefficient (Wildman–Crippen LogP) is 0.997. The SMILES string of the molecule is CC1CCC(C(=O)NC2CC([C@H](C)SC3NNCN3C)CCN2)NC1C1CC1. The lowest BCUT2D eigenvalue weighted by Crippen LogP contribution is -2.59. The van der Waals surface area contributed by atoms with E-state index in [2.05, 4.69) is 52.6 Å². The Labute approximate surface area is 173 Å². The molecule has 3 aliphatic heterocycles. The van der Waals surface area contributed by atoms with Crippen LogP contribution in [0.2, 0.25) is 0 Å². The van der Waals surface area contributed by atoms with E-state index in [1.807, 2.05) is 11.8 Å². The number of amides is 1. The van der Waals surface area contributed by atoms with Crippen LogP contribution < -0.4 is 26.8 Å². The van der Waals surface area contributed by atoms with Crippen molar-refractivity contribution in [2.45, 2.75) is 81.4 Å². The molecule has 160 valence electrons. The van der Waals surface area contributed by atoms with E-state index in [1.165, 1.54) is 19.3 Å². The molecule has 0 aromatic heterocycles. The second kappa shape index (κ2) is 9.18. The Morgan fingerprint density at radius 2 is 2.04 bits per heavy atom. The number of rotatable bonds is 6. The molecule has 0 bridgehead atoms. The fourth-order valence-corrected chi connectivity index (χ4v) is 6.32. The van der Waals surface area contributed by atoms with Gasteiger partial charge in [0.2, 0.25) is 5.91 Å². The molecule has 0 aromatic carbocycles. The number of thioether (sulfide) groups is 1. The van der Waals surface area contributed by atoms with Gasteiger partial charge in [0, 0.05) is 11.3 Å². The van der Waals surface area contributed by atoms with Crippen LogP contribution >= 0.6 is 11.8 Å². The fraction of sp³-hybridized carbons (Fsp3) is 0.950. The molecule has 5 N–H and O–H groups in total. The number of hydrazine groups is 1. The van der Waals surface area contributed by atoms with Crippen LogP contribution in [0.4, 0.5) is 0 Å². The van der Waals surface area contributed by atoms with E-state index in [-0.39, 0.29) is 18.1 Å². The maximum atomic E-state index is 12.9. The van der Waals surface area contributed by atoms with Crippen molar-refractivity contribution in [2.24, 2.45) is 17.8 Å². The molecule has 7 nitrogen and oxygen atoms in total. The Bertz CT molecular complexity index is 547. The summed E-state index contributed by atoms with van der Waals surface area (Å²) in [6.07, 6.45) is 7.08. The summed E-state index contributed by atoms with van der Waals surface area (Å²) in [4.78, 5) is 15.2. The largest absolute Gasteiger partial charge is 0.339 e. The van der Waals surface area contributed by atoms with Gasteiger partial charge in [0.15, 0.2) is 0 Å². The van der Waals surface area contributed by atoms with E-state index < -0.39 is 0 Å². The topological polar surface area (TPSA) is 80.5 Å². The Balaban J connectivity index is 1.25. The first-order chi connectivity index (χ1) is 13.5. The van der Waals surface area contributed by atoms with Crippen molar-refractivity contribution in [3.05, 3.63) is 0 Å². The predicted molar refractivity (Wildman–Crippen MR) is 114 cm³/mol. The van der Waals surface area contributed by atoms with Crippen molar-refractivity contribution in [3.8, 4) is 0 Å². The number of carbonyl (C=O) groups is 1. The third-order valence-corrected chi connectivity index (χ3v) is 8.64. The molecule has 0 radical (unpaired) electrons. The monoisotopic (exact) mass is 410 g/mol. The zero-order valence-electron chi connectivity index (χ0n) is 17.5. The highest BCUT2D eigenvalue weighted by atomic mass is 32.2. The molecular weight excluding hydrogens is 372 g/mol. The van der Waals surface area contributed by atoms with Gasteiger partial charge in [0.1, 0.15) is 5.50 Å². The minimum atomic E-state index is -0.0156. The number of hydrogen-bond acceptors (Lipinski definition) is 7. The Kier molecular flexibility index (Phi) is 6.85. The molecule has 8 heteroatoms. The van der Waals surface area contributed by atoms with Crippen LogP contribution in [0.3, 0.4) is 0 Å². The number of carbonyl (C=O) groups excluding carboxylic acids is 1. The molecule has 4 fully saturated rings. The first-order valence-corrected chi connectivity index (χ1v) is 12.1. The van der Waals surface area contributed by atoms with E-state index >= 15 is 0 Å². The summed E-state index contributed by atoms with van der Waals surface area (Å²) in [5, 5.41) is 11.1. The van der Waals surface area contributed by atoms with Crippen LogP contribution in [0.25, 0.3) is 0 Å². The van der Waals surface area contributed by atoms with Gasteiger partial charge in [-0.1, -0.05) is 13.8 Å². The summed E-state index contributed by atoms with van der Waals surface area (Å²) >= 11 is 1.98. The number of nitrogens with zero attached hydrogens (tertiary/aromatic N) is 1. The molecule has 1 aliphatic carbocycles. The maximum absolute atomic E-state index is 12.9. The molecule has 3 heterocycles. The summed E-state index contributed by atoms with van der Waals surface area (Å²) < 4.78 is 0. The van der Waals surface area contributed by atoms with Gasteiger partial charge >= 0.3 is 0 Å². The summed E-state index contributed by atoms with van der Waals surface area (Å²) in [6, 6.07) is 0.524. The highest BCUT2D eigenvalue weighted by Gasteiger charge is 2.40. The van der Waals surface area contributed by atoms with Gasteiger partial charge in [-0.15, -0.1) is 11.8 Å². The second-order valence-electron chi connectivity index (χ2n) is 9.37. The maximum Gasteiger partial charge on any atom is 0.238 e. The quantitative estimate of drug-likeness (QED) is 0.447. The Morgan fingerprint density at radius 1 is 1.21 bits per heavy atom. The van der Waals surface area contributed by atoms with Gasteiger partial charge in [-0.05, 0) is 69.9 Å². The normalized spacial score (nSPS) is 41.0. The standard InChI is InChI=1S/C20H38N6OS/c1-12-4-7-16(23-18(12)14-5-6-14)19(27)24-17-10-15(8-9-21-17)13(2)28-20-25-22-11-26(20)3/h12-18,20-23,25H,4-11H2,1-3H3,(H,24,27)/t12?,13-,15?,16?,17?,18?,20?/m0/s1. The van der Waals surface area contributed by atoms with E-state index in [4.69, 9.17) is 0 Å². The highest BCUT2D eigenvalue weighted by molar-refractivity contribution is 8.00. The average molecular weight is 411 g/mol. The van der Waals surface area contributed by atoms with Crippen LogP contribution in [-0.4, -0.2) is 60.1 Å². The molecule has 7 atom stereocenters. The smallest absolute Gasteiger partial charge is 0.238 e. The molecule has 4 aliphatic rings. The number of hydrogen-bond donors (Lipinski definition) is 5. The van der Waals surface area contributed by atoms with Gasteiger partial charge in [0.05, 0.1) is 18.9 Å². The number of nitrogens with one attached hydrogen (secondary N) is 5. The lowest BCUT2D eigenvalue weighted by molar-refractivity contribution is -0.125. The van der Waals surface area contributed by atoms with E-state index in [1.54, 1.807) is 0 Å². The van der Waals surface area contributed by atoms with Crippen LogP contribution in [0, 0.1) is 17.8 Å². The molecule has 6 unspecified atom stereocenters. The summed E-state index contributed by atoms with van der Waals surface area (Å²) in [5.41, 5.74) is 6.85. The minimum Gasteiger partial charge on any atom is -0.339 e. The molecule has 28 heavy (non-hydrogen) atoms. The van der Waals surface area contributed by atoms with Crippen LogP contribution in [0.1, 0.15) is 52.4 Å². The third-order valence-electron chi connectivity index (χ3n) is 7.09. The van der Waals surface area contributed by atoms with Gasteiger partial charge < -0.3 is 10.6 Å². The zero-order chi connectivity index (χ0) is 19.7. The van der Waals surface area contributed by atoms with Crippen molar-refractivity contribution in [1.82, 2.24) is 31.7 Å². The van der Waals surface area contributed by atoms with E-state index in [0.29, 0.717) is 28.6 Å². The molecule has 4 rings (SSSR count). The van der Waals surface area contributed by atoms with Gasteiger partial charge in [-0.3, -0.25) is 15.0 Å². The third kappa shape index (κ3) is 5.02. The Hall–Kier alpha value is -0.380. The molecular formula is C20H38N6OS. The van der Waals surface area contributed by atoms with Gasteiger partial charge in [-0.25, -0.2) is 10.9 Å². The second-order valence-corrected chi connectivity index (χ2v) is 10.8. The van der Waals surface area contributed by atoms with E-state index in [0.717, 1.165) is 38.4 Å².